The van der Waals surface area contributed by atoms with Crippen LogP contribution in [0.1, 0.15) is 40.0 Å². The molecule has 3 rings (SSSR count). The van der Waals surface area contributed by atoms with Gasteiger partial charge in [0, 0.05) is 0 Å². The van der Waals surface area contributed by atoms with Crippen molar-refractivity contribution in [3.8, 4) is 0 Å². The predicted molar refractivity (Wildman–Crippen MR) is 70.9 cm³/mol. The molecule has 3 aliphatic rings. The van der Waals surface area contributed by atoms with E-state index in [1.54, 1.807) is 0 Å². The highest BCUT2D eigenvalue weighted by molar-refractivity contribution is 5.75. The Morgan fingerprint density at radius 1 is 1.28 bits per heavy atom. The molecule has 0 heterocycles. The van der Waals surface area contributed by atoms with E-state index >= 15 is 0 Å². The van der Waals surface area contributed by atoms with Crippen molar-refractivity contribution in [2.24, 2.45) is 34.5 Å². The largest absolute Gasteiger partial charge is 0.469 e. The molecule has 0 N–H and O–H groups in total. The third-order valence-corrected chi connectivity index (χ3v) is 6.11. The van der Waals surface area contributed by atoms with Crippen LogP contribution >= 0.6 is 0 Å². The van der Waals surface area contributed by atoms with E-state index in [-0.39, 0.29) is 22.7 Å². The fourth-order valence-electron chi connectivity index (χ4n) is 5.51. The van der Waals surface area contributed by atoms with E-state index in [4.69, 9.17) is 4.74 Å². The molecule has 100 valence electrons. The lowest BCUT2D eigenvalue weighted by atomic mass is 9.65. The SMILES string of the molecule is COC(=O)[C@H]1[C@H]2CC[C@@H]3[C@H]2C(C)(C)C=CC[C@@]31C. The number of hydrogen-bond donors (Lipinski definition) is 0. The molecule has 0 saturated heterocycles. The van der Waals surface area contributed by atoms with E-state index < -0.39 is 0 Å². The van der Waals surface area contributed by atoms with Crippen molar-refractivity contribution >= 4 is 5.97 Å². The number of carbonyl (C=O) groups is 1. The molecule has 2 nitrogen and oxygen atoms in total. The second-order valence-corrected chi connectivity index (χ2v) is 7.31. The van der Waals surface area contributed by atoms with E-state index in [2.05, 4.69) is 32.9 Å². The third-order valence-electron chi connectivity index (χ3n) is 6.11. The first-order valence-electron chi connectivity index (χ1n) is 7.17. The van der Waals surface area contributed by atoms with Gasteiger partial charge in [-0.15, -0.1) is 0 Å². The fraction of sp³-hybridized carbons (Fsp3) is 0.812. The van der Waals surface area contributed by atoms with Crippen molar-refractivity contribution < 1.29 is 9.53 Å². The number of carbonyl (C=O) groups excluding carboxylic acids is 1. The van der Waals surface area contributed by atoms with Crippen molar-refractivity contribution in [3.63, 3.8) is 0 Å². The van der Waals surface area contributed by atoms with Gasteiger partial charge in [-0.2, -0.15) is 0 Å². The van der Waals surface area contributed by atoms with Crippen LogP contribution in [0.3, 0.4) is 0 Å². The zero-order valence-corrected chi connectivity index (χ0v) is 11.9. The van der Waals surface area contributed by atoms with E-state index in [9.17, 15) is 4.79 Å². The molecular weight excluding hydrogens is 224 g/mol. The maximum absolute atomic E-state index is 12.2. The third kappa shape index (κ3) is 1.32. The minimum absolute atomic E-state index is 0.0285. The Hall–Kier alpha value is -0.790. The van der Waals surface area contributed by atoms with Gasteiger partial charge in [0.25, 0.3) is 0 Å². The Morgan fingerprint density at radius 2 is 2.00 bits per heavy atom. The number of hydrogen-bond acceptors (Lipinski definition) is 2. The van der Waals surface area contributed by atoms with Crippen molar-refractivity contribution in [1.82, 2.24) is 0 Å². The van der Waals surface area contributed by atoms with Gasteiger partial charge in [-0.3, -0.25) is 4.79 Å². The summed E-state index contributed by atoms with van der Waals surface area (Å²) in [4.78, 5) is 12.2. The Bertz CT molecular complexity index is 409. The second kappa shape index (κ2) is 3.61. The molecule has 0 aromatic carbocycles. The topological polar surface area (TPSA) is 26.3 Å². The molecule has 0 aromatic rings. The summed E-state index contributed by atoms with van der Waals surface area (Å²) in [5.74, 6) is 2.03. The van der Waals surface area contributed by atoms with Gasteiger partial charge in [-0.1, -0.05) is 32.9 Å². The molecule has 3 aliphatic carbocycles. The predicted octanol–water partition coefficient (Wildman–Crippen LogP) is 3.42. The van der Waals surface area contributed by atoms with Crippen LogP contribution in [0.15, 0.2) is 12.2 Å². The summed E-state index contributed by atoms with van der Waals surface area (Å²) in [6, 6.07) is 0. The van der Waals surface area contributed by atoms with Crippen molar-refractivity contribution in [2.45, 2.75) is 40.0 Å². The molecule has 2 heteroatoms. The number of methoxy groups -OCH3 is 1. The average molecular weight is 248 g/mol. The number of rotatable bonds is 1. The number of ether oxygens (including phenoxy) is 1. The maximum Gasteiger partial charge on any atom is 0.309 e. The lowest BCUT2D eigenvalue weighted by Gasteiger charge is -2.38. The van der Waals surface area contributed by atoms with E-state index in [1.165, 1.54) is 20.0 Å². The number of allylic oxidation sites excluding steroid dienone is 2. The first-order valence-corrected chi connectivity index (χ1v) is 7.17. The van der Waals surface area contributed by atoms with Crippen LogP contribution < -0.4 is 0 Å². The van der Waals surface area contributed by atoms with Gasteiger partial charge in [0.2, 0.25) is 0 Å². The van der Waals surface area contributed by atoms with Crippen LogP contribution in [0.2, 0.25) is 0 Å². The second-order valence-electron chi connectivity index (χ2n) is 7.31. The highest BCUT2D eigenvalue weighted by Crippen LogP contribution is 2.69. The highest BCUT2D eigenvalue weighted by Gasteiger charge is 2.66. The quantitative estimate of drug-likeness (QED) is 0.525. The van der Waals surface area contributed by atoms with Crippen LogP contribution in [0, 0.1) is 34.5 Å². The fourth-order valence-corrected chi connectivity index (χ4v) is 5.51. The molecule has 0 unspecified atom stereocenters. The monoisotopic (exact) mass is 248 g/mol. The van der Waals surface area contributed by atoms with E-state index in [0.29, 0.717) is 17.8 Å². The number of esters is 1. The van der Waals surface area contributed by atoms with Crippen LogP contribution in [0.4, 0.5) is 0 Å². The Kier molecular flexibility index (Phi) is 2.46. The molecule has 2 saturated carbocycles. The lowest BCUT2D eigenvalue weighted by molar-refractivity contribution is -0.152. The summed E-state index contributed by atoms with van der Waals surface area (Å²) in [6.07, 6.45) is 8.24. The zero-order valence-electron chi connectivity index (χ0n) is 11.9. The van der Waals surface area contributed by atoms with E-state index in [1.807, 2.05) is 0 Å². The molecule has 0 amide bonds. The van der Waals surface area contributed by atoms with Crippen molar-refractivity contribution in [3.05, 3.63) is 12.2 Å². The van der Waals surface area contributed by atoms with Gasteiger partial charge in [-0.05, 0) is 47.8 Å². The average Bonchev–Trinajstić information content (AvgIpc) is 2.79. The molecule has 0 aliphatic heterocycles. The summed E-state index contributed by atoms with van der Waals surface area (Å²) in [5, 5.41) is 0. The molecule has 0 aromatic heterocycles. The maximum atomic E-state index is 12.2. The zero-order chi connectivity index (χ0) is 13.1. The summed E-state index contributed by atoms with van der Waals surface area (Å²) in [7, 11) is 1.54. The van der Waals surface area contributed by atoms with Crippen molar-refractivity contribution in [2.75, 3.05) is 7.11 Å². The first-order chi connectivity index (χ1) is 8.42. The summed E-state index contributed by atoms with van der Waals surface area (Å²) in [6.45, 7) is 6.99. The first kappa shape index (κ1) is 12.3. The summed E-state index contributed by atoms with van der Waals surface area (Å²) >= 11 is 0. The summed E-state index contributed by atoms with van der Waals surface area (Å²) in [5.41, 5.74) is 0.358. The molecule has 2 fully saturated rings. The molecule has 18 heavy (non-hydrogen) atoms. The van der Waals surface area contributed by atoms with Crippen LogP contribution in [0.25, 0.3) is 0 Å². The minimum Gasteiger partial charge on any atom is -0.469 e. The van der Waals surface area contributed by atoms with Crippen LogP contribution in [-0.4, -0.2) is 13.1 Å². The van der Waals surface area contributed by atoms with Crippen LogP contribution in [-0.2, 0) is 9.53 Å². The Labute approximate surface area is 110 Å². The van der Waals surface area contributed by atoms with Gasteiger partial charge in [0.1, 0.15) is 0 Å². The van der Waals surface area contributed by atoms with Gasteiger partial charge >= 0.3 is 5.97 Å². The summed E-state index contributed by atoms with van der Waals surface area (Å²) < 4.78 is 5.11. The molecular formula is C16H24O2. The molecule has 0 radical (unpaired) electrons. The van der Waals surface area contributed by atoms with Gasteiger partial charge in [0.05, 0.1) is 13.0 Å². The normalized spacial score (nSPS) is 48.0. The molecule has 4 bridgehead atoms. The van der Waals surface area contributed by atoms with Crippen LogP contribution in [0.5, 0.6) is 0 Å². The standard InChI is InChI=1S/C16H24O2/c1-15(2)8-5-9-16(3)11-7-6-10(12(11)15)13(16)14(17)18-4/h5,8,10-13H,6-7,9H2,1-4H3/t10-,11+,12-,13+,16-/m0/s1. The molecule has 5 atom stereocenters. The van der Waals surface area contributed by atoms with Gasteiger partial charge < -0.3 is 4.74 Å². The van der Waals surface area contributed by atoms with Gasteiger partial charge in [-0.25, -0.2) is 0 Å². The minimum atomic E-state index is 0.0285. The lowest BCUT2D eigenvalue weighted by Crippen LogP contribution is -2.39. The van der Waals surface area contributed by atoms with Gasteiger partial charge in [0.15, 0.2) is 0 Å². The van der Waals surface area contributed by atoms with E-state index in [0.717, 1.165) is 6.42 Å². The Balaban J connectivity index is 2.08. The Morgan fingerprint density at radius 3 is 2.67 bits per heavy atom. The van der Waals surface area contributed by atoms with Crippen molar-refractivity contribution in [1.29, 1.82) is 0 Å². The smallest absolute Gasteiger partial charge is 0.309 e. The highest BCUT2D eigenvalue weighted by atomic mass is 16.5. The molecule has 0 spiro atoms.